The van der Waals surface area contributed by atoms with Crippen molar-refractivity contribution >= 4 is 0 Å². The Kier molecular flexibility index (Phi) is 7.07. The Morgan fingerprint density at radius 3 is 2.19 bits per heavy atom. The van der Waals surface area contributed by atoms with Gasteiger partial charge in [0.25, 0.3) is 0 Å². The third kappa shape index (κ3) is 6.00. The first-order chi connectivity index (χ1) is 15.2. The first-order valence-electron chi connectivity index (χ1n) is 10.9. The summed E-state index contributed by atoms with van der Waals surface area (Å²) in [4.78, 5) is 2.26. The zero-order valence-electron chi connectivity index (χ0n) is 17.6. The van der Waals surface area contributed by atoms with Crippen LogP contribution in [0.25, 0.3) is 0 Å². The summed E-state index contributed by atoms with van der Waals surface area (Å²) in [6.45, 7) is 1.56. The molecule has 4 rings (SSSR count). The molecule has 1 aliphatic rings. The van der Waals surface area contributed by atoms with E-state index in [1.165, 1.54) is 5.56 Å². The third-order valence-electron chi connectivity index (χ3n) is 5.62. The van der Waals surface area contributed by atoms with Crippen molar-refractivity contribution in [2.24, 2.45) is 0 Å². The zero-order chi connectivity index (χ0) is 21.5. The minimum absolute atomic E-state index is 0.145. The molecule has 162 valence electrons. The molecule has 0 unspecified atom stereocenters. The van der Waals surface area contributed by atoms with Crippen molar-refractivity contribution in [3.05, 3.63) is 84.4 Å². The van der Waals surface area contributed by atoms with Gasteiger partial charge >= 0.3 is 0 Å². The molecule has 1 saturated heterocycles. The molecule has 0 amide bonds. The lowest BCUT2D eigenvalue weighted by atomic mass is 10.0. The Morgan fingerprint density at radius 1 is 0.839 bits per heavy atom. The van der Waals surface area contributed by atoms with E-state index in [1.807, 2.05) is 48.5 Å². The summed E-state index contributed by atoms with van der Waals surface area (Å²) in [5, 5.41) is 20.0. The van der Waals surface area contributed by atoms with E-state index in [9.17, 15) is 10.2 Å². The van der Waals surface area contributed by atoms with Gasteiger partial charge in [0.2, 0.25) is 0 Å². The average Bonchev–Trinajstić information content (AvgIpc) is 2.80. The Labute approximate surface area is 183 Å². The number of aliphatic hydroxyl groups is 1. The second-order valence-electron chi connectivity index (χ2n) is 7.91. The molecular weight excluding hydrogens is 390 g/mol. The lowest BCUT2D eigenvalue weighted by molar-refractivity contribution is -0.0221. The van der Waals surface area contributed by atoms with Gasteiger partial charge in [-0.05, 0) is 61.2 Å². The van der Waals surface area contributed by atoms with Crippen molar-refractivity contribution in [1.29, 1.82) is 0 Å². The molecule has 0 radical (unpaired) electrons. The van der Waals surface area contributed by atoms with E-state index < -0.39 is 0 Å². The van der Waals surface area contributed by atoms with Gasteiger partial charge in [0.05, 0.1) is 6.10 Å². The number of likely N-dealkylation sites (tertiary alicyclic amines) is 1. The number of hydrogen-bond acceptors (Lipinski definition) is 5. The lowest BCUT2D eigenvalue weighted by Gasteiger charge is -2.36. The van der Waals surface area contributed by atoms with Crippen LogP contribution in [0.5, 0.6) is 23.0 Å². The second-order valence-corrected chi connectivity index (χ2v) is 7.91. The molecule has 0 spiro atoms. The molecule has 0 saturated carbocycles. The summed E-state index contributed by atoms with van der Waals surface area (Å²) in [6.07, 6.45) is 2.70. The normalized spacial score (nSPS) is 16.0. The highest BCUT2D eigenvalue weighted by Crippen LogP contribution is 2.29. The summed E-state index contributed by atoms with van der Waals surface area (Å²) in [6, 6.07) is 24.9. The number of aryl methyl sites for hydroxylation is 1. The van der Waals surface area contributed by atoms with Crippen LogP contribution in [-0.4, -0.2) is 40.5 Å². The van der Waals surface area contributed by atoms with Gasteiger partial charge in [0, 0.05) is 19.5 Å². The molecule has 5 heteroatoms. The number of phenolic OH excluding ortho intramolecular Hbond substituents is 1. The highest BCUT2D eigenvalue weighted by atomic mass is 16.5. The lowest BCUT2D eigenvalue weighted by Crippen LogP contribution is -2.45. The van der Waals surface area contributed by atoms with Crippen LogP contribution >= 0.6 is 0 Å². The number of piperidine rings is 1. The van der Waals surface area contributed by atoms with E-state index in [-0.39, 0.29) is 18.1 Å². The van der Waals surface area contributed by atoms with Gasteiger partial charge in [-0.2, -0.15) is 0 Å². The second kappa shape index (κ2) is 10.3. The number of rotatable bonds is 8. The summed E-state index contributed by atoms with van der Waals surface area (Å²) in [5.41, 5.74) is 1.20. The summed E-state index contributed by atoms with van der Waals surface area (Å²) in [7, 11) is 0. The number of phenols is 1. The molecule has 0 bridgehead atoms. The first kappa shape index (κ1) is 21.2. The van der Waals surface area contributed by atoms with Crippen LogP contribution in [0.4, 0.5) is 0 Å². The monoisotopic (exact) mass is 419 g/mol. The van der Waals surface area contributed by atoms with Gasteiger partial charge in [-0.25, -0.2) is 0 Å². The van der Waals surface area contributed by atoms with E-state index in [0.717, 1.165) is 50.3 Å². The largest absolute Gasteiger partial charge is 0.504 e. The molecule has 0 aliphatic carbocycles. The number of hydrogen-bond donors (Lipinski definition) is 2. The summed E-state index contributed by atoms with van der Waals surface area (Å²) in [5.74, 6) is 2.26. The maximum atomic E-state index is 10.1. The van der Waals surface area contributed by atoms with Gasteiger partial charge in [0.1, 0.15) is 11.5 Å². The van der Waals surface area contributed by atoms with Crippen molar-refractivity contribution in [3.63, 3.8) is 0 Å². The van der Waals surface area contributed by atoms with Gasteiger partial charge < -0.3 is 19.7 Å². The minimum atomic E-state index is -0.237. The highest BCUT2D eigenvalue weighted by Gasteiger charge is 2.26. The van der Waals surface area contributed by atoms with E-state index in [4.69, 9.17) is 9.47 Å². The Balaban J connectivity index is 1.40. The fraction of sp³-hybridized carbons (Fsp3) is 0.308. The van der Waals surface area contributed by atoms with Crippen LogP contribution in [0.2, 0.25) is 0 Å². The Bertz CT molecular complexity index is 937. The SMILES string of the molecule is Oc1ccccc1O[C@@H](CCc1ccc(Oc2ccccc2)cc1)N1CCC(O)CC1. The number of nitrogens with zero attached hydrogens (tertiary/aromatic N) is 1. The van der Waals surface area contributed by atoms with Crippen LogP contribution in [0, 0.1) is 0 Å². The Hall–Kier alpha value is -3.02. The van der Waals surface area contributed by atoms with Gasteiger partial charge in [-0.3, -0.25) is 4.90 Å². The molecule has 31 heavy (non-hydrogen) atoms. The predicted octanol–water partition coefficient (Wildman–Crippen LogP) is 4.98. The van der Waals surface area contributed by atoms with Crippen LogP contribution in [0.15, 0.2) is 78.9 Å². The van der Waals surface area contributed by atoms with Crippen LogP contribution < -0.4 is 9.47 Å². The van der Waals surface area contributed by atoms with Crippen LogP contribution in [-0.2, 0) is 6.42 Å². The van der Waals surface area contributed by atoms with Crippen LogP contribution in [0.3, 0.4) is 0 Å². The van der Waals surface area contributed by atoms with Crippen molar-refractivity contribution < 1.29 is 19.7 Å². The zero-order valence-corrected chi connectivity index (χ0v) is 17.6. The average molecular weight is 420 g/mol. The number of aliphatic hydroxyl groups excluding tert-OH is 1. The molecule has 3 aromatic carbocycles. The summed E-state index contributed by atoms with van der Waals surface area (Å²) < 4.78 is 12.1. The Morgan fingerprint density at radius 2 is 1.48 bits per heavy atom. The summed E-state index contributed by atoms with van der Waals surface area (Å²) >= 11 is 0. The topological polar surface area (TPSA) is 62.2 Å². The number of para-hydroxylation sites is 3. The van der Waals surface area contributed by atoms with E-state index in [0.29, 0.717) is 5.75 Å². The first-order valence-corrected chi connectivity index (χ1v) is 10.9. The molecule has 1 atom stereocenters. The number of aromatic hydroxyl groups is 1. The van der Waals surface area contributed by atoms with E-state index >= 15 is 0 Å². The smallest absolute Gasteiger partial charge is 0.163 e. The minimum Gasteiger partial charge on any atom is -0.504 e. The molecular formula is C26H29NO4. The number of benzene rings is 3. The predicted molar refractivity (Wildman–Crippen MR) is 121 cm³/mol. The van der Waals surface area contributed by atoms with E-state index in [1.54, 1.807) is 18.2 Å². The third-order valence-corrected chi connectivity index (χ3v) is 5.62. The van der Waals surface area contributed by atoms with Crippen molar-refractivity contribution in [3.8, 4) is 23.0 Å². The highest BCUT2D eigenvalue weighted by molar-refractivity contribution is 5.38. The van der Waals surface area contributed by atoms with Gasteiger partial charge in [-0.15, -0.1) is 0 Å². The molecule has 3 aromatic rings. The molecule has 2 N–H and O–H groups in total. The van der Waals surface area contributed by atoms with Crippen LogP contribution in [0.1, 0.15) is 24.8 Å². The van der Waals surface area contributed by atoms with Crippen molar-refractivity contribution in [1.82, 2.24) is 4.90 Å². The van der Waals surface area contributed by atoms with Crippen molar-refractivity contribution in [2.45, 2.75) is 38.0 Å². The van der Waals surface area contributed by atoms with Gasteiger partial charge in [-0.1, -0.05) is 42.5 Å². The van der Waals surface area contributed by atoms with E-state index in [2.05, 4.69) is 17.0 Å². The molecule has 5 nitrogen and oxygen atoms in total. The molecule has 1 fully saturated rings. The quantitative estimate of drug-likeness (QED) is 0.539. The molecule has 0 aromatic heterocycles. The fourth-order valence-corrected chi connectivity index (χ4v) is 3.83. The fourth-order valence-electron chi connectivity index (χ4n) is 3.83. The van der Waals surface area contributed by atoms with Crippen molar-refractivity contribution in [2.75, 3.05) is 13.1 Å². The molecule has 1 aliphatic heterocycles. The maximum Gasteiger partial charge on any atom is 0.163 e. The molecule has 1 heterocycles. The number of ether oxygens (including phenoxy) is 2. The maximum absolute atomic E-state index is 10.1. The van der Waals surface area contributed by atoms with Gasteiger partial charge in [0.15, 0.2) is 17.7 Å². The standard InChI is InChI=1S/C26H29NO4/c28-21-16-18-27(19-17-21)26(31-25-9-5-4-8-24(25)29)15-12-20-10-13-23(14-11-20)30-22-6-2-1-3-7-22/h1-11,13-14,21,26,28-29H,12,15-19H2/t26-/m0/s1.